The summed E-state index contributed by atoms with van der Waals surface area (Å²) in [5.74, 6) is -0.487. The van der Waals surface area contributed by atoms with Gasteiger partial charge in [0.2, 0.25) is 5.91 Å². The highest BCUT2D eigenvalue weighted by Crippen LogP contribution is 2.10. The van der Waals surface area contributed by atoms with Gasteiger partial charge in [0.05, 0.1) is 35.5 Å². The number of carbonyl (C=O) groups is 1. The number of hydrogen-bond donors (Lipinski definition) is 1. The monoisotopic (exact) mass is 398 g/mol. The molecule has 0 saturated carbocycles. The highest BCUT2D eigenvalue weighted by Gasteiger charge is 2.24. The summed E-state index contributed by atoms with van der Waals surface area (Å²) in [6.45, 7) is 14.2. The lowest BCUT2D eigenvalue weighted by molar-refractivity contribution is -0.930. The molecular formula is C20H34N2O4S. The molecule has 6 nitrogen and oxygen atoms in total. The molecule has 0 bridgehead atoms. The molecule has 1 aromatic carbocycles. The molecule has 154 valence electrons. The van der Waals surface area contributed by atoms with Crippen molar-refractivity contribution in [2.75, 3.05) is 26.3 Å². The number of amides is 1. The van der Waals surface area contributed by atoms with Gasteiger partial charge in [-0.2, -0.15) is 0 Å². The Morgan fingerprint density at radius 1 is 1.07 bits per heavy atom. The van der Waals surface area contributed by atoms with Crippen LogP contribution in [-0.2, 0) is 20.7 Å². The Morgan fingerprint density at radius 3 is 1.93 bits per heavy atom. The lowest BCUT2D eigenvalue weighted by Crippen LogP contribution is -2.55. The first kappa shape index (κ1) is 25.3. The predicted molar refractivity (Wildman–Crippen MR) is 109 cm³/mol. The smallest absolute Gasteiger partial charge is 0.247 e. The Hall–Kier alpha value is -1.70. The number of carbonyl (C=O) groups excluding carboxylic acids is 1. The van der Waals surface area contributed by atoms with Crippen LogP contribution in [0, 0.1) is 0 Å². The number of rotatable bonds is 11. The third-order valence-corrected chi connectivity index (χ3v) is 4.74. The molecule has 1 aromatic rings. The van der Waals surface area contributed by atoms with Crippen LogP contribution >= 0.6 is 0 Å². The van der Waals surface area contributed by atoms with Gasteiger partial charge in [-0.1, -0.05) is 57.7 Å². The van der Waals surface area contributed by atoms with Gasteiger partial charge in [0, 0.05) is 0 Å². The fourth-order valence-electron chi connectivity index (χ4n) is 3.09. The van der Waals surface area contributed by atoms with Crippen LogP contribution in [0.2, 0.25) is 0 Å². The SMILES string of the molecule is C=CC(=O)NC[N+](CCC)(CCC)CCC.O=S(=O)([O-])Cc1ccccc1. The molecule has 0 heterocycles. The van der Waals surface area contributed by atoms with Crippen molar-refractivity contribution in [3.8, 4) is 0 Å². The van der Waals surface area contributed by atoms with Crippen molar-refractivity contribution in [2.45, 2.75) is 45.8 Å². The van der Waals surface area contributed by atoms with Crippen LogP contribution in [0.1, 0.15) is 45.6 Å². The van der Waals surface area contributed by atoms with E-state index in [1.165, 1.54) is 6.08 Å². The first-order chi connectivity index (χ1) is 12.7. The van der Waals surface area contributed by atoms with E-state index in [2.05, 4.69) is 32.7 Å². The molecular weight excluding hydrogens is 364 g/mol. The maximum absolute atomic E-state index is 11.2. The average Bonchev–Trinajstić information content (AvgIpc) is 2.60. The van der Waals surface area contributed by atoms with Gasteiger partial charge in [0.1, 0.15) is 0 Å². The number of nitrogens with zero attached hydrogens (tertiary/aromatic N) is 1. The molecule has 0 unspecified atom stereocenters. The van der Waals surface area contributed by atoms with Gasteiger partial charge in [0.25, 0.3) is 0 Å². The number of benzene rings is 1. The second-order valence-corrected chi connectivity index (χ2v) is 8.01. The molecule has 0 aliphatic heterocycles. The van der Waals surface area contributed by atoms with E-state index in [4.69, 9.17) is 0 Å². The molecule has 0 saturated heterocycles. The molecule has 0 fully saturated rings. The fourth-order valence-corrected chi connectivity index (χ4v) is 3.69. The van der Waals surface area contributed by atoms with Gasteiger partial charge in [0.15, 0.2) is 6.67 Å². The lowest BCUT2D eigenvalue weighted by Gasteiger charge is -2.38. The van der Waals surface area contributed by atoms with Crippen molar-refractivity contribution in [1.29, 1.82) is 0 Å². The quantitative estimate of drug-likeness (QED) is 0.269. The van der Waals surface area contributed by atoms with E-state index in [0.29, 0.717) is 5.56 Å². The van der Waals surface area contributed by atoms with Crippen LogP contribution in [0.15, 0.2) is 43.0 Å². The zero-order valence-corrected chi connectivity index (χ0v) is 17.6. The maximum Gasteiger partial charge on any atom is 0.247 e. The second-order valence-electron chi connectivity index (χ2n) is 6.60. The summed E-state index contributed by atoms with van der Waals surface area (Å²) in [4.78, 5) is 11.2. The minimum absolute atomic E-state index is 0.0641. The first-order valence-corrected chi connectivity index (χ1v) is 11.0. The Kier molecular flexibility index (Phi) is 12.6. The molecule has 0 aromatic heterocycles. The molecule has 0 spiro atoms. The van der Waals surface area contributed by atoms with E-state index >= 15 is 0 Å². The standard InChI is InChI=1S/C13H26N2O.C7H8O3S/c1-5-9-15(10-6-2,11-7-3)12-14-13(16)8-4;8-11(9,10)6-7-4-2-1-3-5-7/h8H,4-7,9-12H2,1-3H3;1-5H,6H2,(H,8,9,10). The van der Waals surface area contributed by atoms with Crippen molar-refractivity contribution < 1.29 is 22.2 Å². The first-order valence-electron chi connectivity index (χ1n) is 9.44. The zero-order valence-electron chi connectivity index (χ0n) is 16.8. The topological polar surface area (TPSA) is 86.3 Å². The molecule has 0 aliphatic rings. The van der Waals surface area contributed by atoms with Gasteiger partial charge in [-0.05, 0) is 30.9 Å². The van der Waals surface area contributed by atoms with Crippen molar-refractivity contribution in [1.82, 2.24) is 5.32 Å². The molecule has 27 heavy (non-hydrogen) atoms. The van der Waals surface area contributed by atoms with Crippen molar-refractivity contribution in [3.05, 3.63) is 48.6 Å². The van der Waals surface area contributed by atoms with Crippen LogP contribution < -0.4 is 5.32 Å². The third-order valence-electron chi connectivity index (χ3n) is 4.05. The summed E-state index contributed by atoms with van der Waals surface area (Å²) < 4.78 is 31.7. The van der Waals surface area contributed by atoms with Crippen molar-refractivity contribution >= 4 is 16.0 Å². The lowest BCUT2D eigenvalue weighted by atomic mass is 10.2. The Morgan fingerprint density at radius 2 is 1.56 bits per heavy atom. The van der Waals surface area contributed by atoms with Crippen LogP contribution in [0.4, 0.5) is 0 Å². The maximum atomic E-state index is 11.2. The zero-order chi connectivity index (χ0) is 20.8. The second kappa shape index (κ2) is 13.5. The van der Waals surface area contributed by atoms with Gasteiger partial charge in [-0.25, -0.2) is 8.42 Å². The summed E-state index contributed by atoms with van der Waals surface area (Å²) in [6.07, 6.45) is 4.82. The third kappa shape index (κ3) is 12.3. The highest BCUT2D eigenvalue weighted by molar-refractivity contribution is 7.84. The highest BCUT2D eigenvalue weighted by atomic mass is 32.2. The van der Waals surface area contributed by atoms with Crippen LogP contribution in [0.3, 0.4) is 0 Å². The summed E-state index contributed by atoms with van der Waals surface area (Å²) in [6, 6.07) is 8.37. The number of nitrogens with one attached hydrogen (secondary N) is 1. The van der Waals surface area contributed by atoms with E-state index in [0.717, 1.165) is 50.0 Å². The molecule has 0 aliphatic carbocycles. The van der Waals surface area contributed by atoms with Gasteiger partial charge >= 0.3 is 0 Å². The summed E-state index contributed by atoms with van der Waals surface area (Å²) in [5.41, 5.74) is 0.530. The summed E-state index contributed by atoms with van der Waals surface area (Å²) in [5, 5.41) is 2.94. The van der Waals surface area contributed by atoms with Gasteiger partial charge < -0.3 is 14.4 Å². The molecule has 0 atom stereocenters. The van der Waals surface area contributed by atoms with E-state index in [9.17, 15) is 17.8 Å². The minimum Gasteiger partial charge on any atom is -0.748 e. The van der Waals surface area contributed by atoms with E-state index in [-0.39, 0.29) is 5.91 Å². The minimum atomic E-state index is -4.13. The summed E-state index contributed by atoms with van der Waals surface area (Å²) in [7, 11) is -4.13. The van der Waals surface area contributed by atoms with Crippen LogP contribution in [0.5, 0.6) is 0 Å². The van der Waals surface area contributed by atoms with E-state index in [1.807, 2.05) is 0 Å². The van der Waals surface area contributed by atoms with Gasteiger partial charge in [-0.15, -0.1) is 0 Å². The molecule has 1 N–H and O–H groups in total. The Balaban J connectivity index is 0.000000533. The average molecular weight is 399 g/mol. The number of hydrogen-bond acceptors (Lipinski definition) is 4. The van der Waals surface area contributed by atoms with Crippen LogP contribution in [-0.4, -0.2) is 49.7 Å². The van der Waals surface area contributed by atoms with Crippen molar-refractivity contribution in [2.24, 2.45) is 0 Å². The summed E-state index contributed by atoms with van der Waals surface area (Å²) >= 11 is 0. The fraction of sp³-hybridized carbons (Fsp3) is 0.550. The normalized spacial score (nSPS) is 11.3. The van der Waals surface area contributed by atoms with Crippen molar-refractivity contribution in [3.63, 3.8) is 0 Å². The molecule has 1 rings (SSSR count). The molecule has 1 amide bonds. The van der Waals surface area contributed by atoms with Gasteiger partial charge in [-0.3, -0.25) is 4.79 Å². The molecule has 0 radical (unpaired) electrons. The largest absolute Gasteiger partial charge is 0.748 e. The number of quaternary nitrogens is 1. The Labute approximate surface area is 164 Å². The van der Waals surface area contributed by atoms with E-state index in [1.54, 1.807) is 30.3 Å². The van der Waals surface area contributed by atoms with Crippen LogP contribution in [0.25, 0.3) is 0 Å². The predicted octanol–water partition coefficient (Wildman–Crippen LogP) is 3.02. The Bertz CT molecular complexity index is 628. The molecule has 7 heteroatoms. The van der Waals surface area contributed by atoms with E-state index < -0.39 is 15.9 Å².